The highest BCUT2D eigenvalue weighted by Gasteiger charge is 2.23. The molecule has 0 saturated heterocycles. The van der Waals surface area contributed by atoms with E-state index < -0.39 is 0 Å². The van der Waals surface area contributed by atoms with Gasteiger partial charge in [-0.25, -0.2) is 4.98 Å². The van der Waals surface area contributed by atoms with E-state index in [-0.39, 0.29) is 24.9 Å². The molecule has 3 rings (SSSR count). The smallest absolute Gasteiger partial charge is 0.266 e. The van der Waals surface area contributed by atoms with Gasteiger partial charge in [0.1, 0.15) is 27.5 Å². The number of nitrogens with zero attached hydrogens (tertiary/aromatic N) is 3. The highest BCUT2D eigenvalue weighted by Crippen LogP contribution is 2.40. The second-order valence-corrected chi connectivity index (χ2v) is 8.25. The third-order valence-corrected chi connectivity index (χ3v) is 6.50. The average Bonchev–Trinajstić information content (AvgIpc) is 3.25. The molecule has 0 aliphatic carbocycles. The van der Waals surface area contributed by atoms with Gasteiger partial charge >= 0.3 is 0 Å². The first-order chi connectivity index (χ1) is 15.5. The molecule has 0 bridgehead atoms. The van der Waals surface area contributed by atoms with Gasteiger partial charge in [0.05, 0.1) is 14.2 Å². The van der Waals surface area contributed by atoms with Crippen LogP contribution in [-0.2, 0) is 4.79 Å². The molecule has 0 radical (unpaired) electrons. The van der Waals surface area contributed by atoms with Gasteiger partial charge < -0.3 is 19.1 Å². The Hall–Kier alpha value is -2.55. The summed E-state index contributed by atoms with van der Waals surface area (Å²) in [6, 6.07) is 11.4. The van der Waals surface area contributed by atoms with Crippen LogP contribution < -0.4 is 19.1 Å². The standard InChI is InChI=1S/C24H31N3O4S.ClH/c1-6-26(7-2)14-15-27(21(28)16-31-18-11-9-8-10-17(18)3)24-25-22-19(29-4)12-13-20(30-5)23(22)32-24;/h8-13H,6-7,14-16H2,1-5H3;1H. The number of para-hydroxylation sites is 1. The first-order valence-corrected chi connectivity index (χ1v) is 11.6. The number of carbonyl (C=O) groups is 1. The summed E-state index contributed by atoms with van der Waals surface area (Å²) in [5, 5.41) is 0.605. The minimum atomic E-state index is -0.141. The zero-order valence-electron chi connectivity index (χ0n) is 19.8. The quantitative estimate of drug-likeness (QED) is 0.382. The van der Waals surface area contributed by atoms with Crippen LogP contribution in [-0.4, -0.2) is 62.8 Å². The summed E-state index contributed by atoms with van der Waals surface area (Å²) in [5.41, 5.74) is 1.68. The fraction of sp³-hybridized carbons (Fsp3) is 0.417. The molecule has 1 heterocycles. The van der Waals surface area contributed by atoms with Gasteiger partial charge in [-0.3, -0.25) is 9.69 Å². The molecule has 7 nitrogen and oxygen atoms in total. The normalized spacial score (nSPS) is 10.7. The molecule has 9 heteroatoms. The number of thiazole rings is 1. The first kappa shape index (κ1) is 26.7. The maximum atomic E-state index is 13.3. The third-order valence-electron chi connectivity index (χ3n) is 5.41. The summed E-state index contributed by atoms with van der Waals surface area (Å²) in [5.74, 6) is 1.92. The van der Waals surface area contributed by atoms with Crippen molar-refractivity contribution in [1.29, 1.82) is 0 Å². The Morgan fingerprint density at radius 3 is 2.27 bits per heavy atom. The van der Waals surface area contributed by atoms with Crippen LogP contribution in [0.25, 0.3) is 10.2 Å². The lowest BCUT2D eigenvalue weighted by molar-refractivity contribution is -0.120. The van der Waals surface area contributed by atoms with Gasteiger partial charge in [-0.05, 0) is 43.8 Å². The number of hydrogen-bond acceptors (Lipinski definition) is 7. The number of fused-ring (bicyclic) bond motifs is 1. The van der Waals surface area contributed by atoms with Crippen molar-refractivity contribution < 1.29 is 19.0 Å². The monoisotopic (exact) mass is 493 g/mol. The second kappa shape index (κ2) is 12.6. The maximum Gasteiger partial charge on any atom is 0.266 e. The molecule has 0 aliphatic heterocycles. The number of halogens is 1. The van der Waals surface area contributed by atoms with Crippen LogP contribution in [0.2, 0.25) is 0 Å². The number of aromatic nitrogens is 1. The van der Waals surface area contributed by atoms with Gasteiger partial charge in [-0.15, -0.1) is 12.4 Å². The Morgan fingerprint density at radius 2 is 1.64 bits per heavy atom. The number of methoxy groups -OCH3 is 2. The Morgan fingerprint density at radius 1 is 0.970 bits per heavy atom. The number of carbonyl (C=O) groups excluding carboxylic acids is 1. The molecule has 0 N–H and O–H groups in total. The summed E-state index contributed by atoms with van der Waals surface area (Å²) in [7, 11) is 3.24. The van der Waals surface area contributed by atoms with Crippen molar-refractivity contribution in [3.63, 3.8) is 0 Å². The summed E-state index contributed by atoms with van der Waals surface area (Å²) in [4.78, 5) is 22.0. The highest BCUT2D eigenvalue weighted by atomic mass is 35.5. The lowest BCUT2D eigenvalue weighted by atomic mass is 10.2. The summed E-state index contributed by atoms with van der Waals surface area (Å²) >= 11 is 1.42. The van der Waals surface area contributed by atoms with E-state index in [1.165, 1.54) is 11.3 Å². The van der Waals surface area contributed by atoms with Crippen molar-refractivity contribution >= 4 is 45.0 Å². The molecule has 3 aromatic rings. The largest absolute Gasteiger partial charge is 0.495 e. The number of aryl methyl sites for hydroxylation is 1. The van der Waals surface area contributed by atoms with Gasteiger partial charge in [0.25, 0.3) is 5.91 Å². The Labute approximate surface area is 205 Å². The lowest BCUT2D eigenvalue weighted by Crippen LogP contribution is -2.41. The second-order valence-electron chi connectivity index (χ2n) is 7.27. The molecule has 0 spiro atoms. The highest BCUT2D eigenvalue weighted by molar-refractivity contribution is 7.22. The zero-order valence-corrected chi connectivity index (χ0v) is 21.4. The molecule has 1 amide bonds. The van der Waals surface area contributed by atoms with E-state index in [9.17, 15) is 4.79 Å². The van der Waals surface area contributed by atoms with Crippen LogP contribution in [0, 0.1) is 6.92 Å². The van der Waals surface area contributed by atoms with Crippen LogP contribution in [0.1, 0.15) is 19.4 Å². The molecule has 33 heavy (non-hydrogen) atoms. The molecule has 1 aromatic heterocycles. The van der Waals surface area contributed by atoms with Crippen molar-refractivity contribution in [3.05, 3.63) is 42.0 Å². The number of anilines is 1. The van der Waals surface area contributed by atoms with E-state index in [4.69, 9.17) is 19.2 Å². The van der Waals surface area contributed by atoms with E-state index in [0.29, 0.717) is 34.4 Å². The number of likely N-dealkylation sites (N-methyl/N-ethyl adjacent to an activating group) is 1. The number of amides is 1. The van der Waals surface area contributed by atoms with E-state index in [1.807, 2.05) is 43.3 Å². The molecular formula is C24H32ClN3O4S. The van der Waals surface area contributed by atoms with Crippen molar-refractivity contribution in [2.45, 2.75) is 20.8 Å². The summed E-state index contributed by atoms with van der Waals surface area (Å²) in [6.45, 7) is 9.22. The van der Waals surface area contributed by atoms with E-state index in [1.54, 1.807) is 19.1 Å². The van der Waals surface area contributed by atoms with Gasteiger partial charge in [0.15, 0.2) is 11.7 Å². The Kier molecular flexibility index (Phi) is 10.2. The molecule has 0 aliphatic rings. The van der Waals surface area contributed by atoms with Crippen molar-refractivity contribution in [1.82, 2.24) is 9.88 Å². The van der Waals surface area contributed by atoms with Crippen molar-refractivity contribution in [3.8, 4) is 17.2 Å². The predicted octanol–water partition coefficient (Wildman–Crippen LogP) is 4.80. The topological polar surface area (TPSA) is 64.1 Å². The first-order valence-electron chi connectivity index (χ1n) is 10.7. The van der Waals surface area contributed by atoms with Crippen molar-refractivity contribution in [2.24, 2.45) is 0 Å². The number of benzene rings is 2. The van der Waals surface area contributed by atoms with Gasteiger partial charge in [-0.1, -0.05) is 43.4 Å². The SMILES string of the molecule is CCN(CC)CCN(C(=O)COc1ccccc1C)c1nc2c(OC)ccc(OC)c2s1.Cl. The van der Waals surface area contributed by atoms with Gasteiger partial charge in [0, 0.05) is 13.1 Å². The van der Waals surface area contributed by atoms with Crippen LogP contribution >= 0.6 is 23.7 Å². The van der Waals surface area contributed by atoms with E-state index in [0.717, 1.165) is 29.9 Å². The van der Waals surface area contributed by atoms with E-state index in [2.05, 4.69) is 18.7 Å². The summed E-state index contributed by atoms with van der Waals surface area (Å²) in [6.07, 6.45) is 0. The number of hydrogen-bond donors (Lipinski definition) is 0. The summed E-state index contributed by atoms with van der Waals surface area (Å²) < 4.78 is 17.7. The van der Waals surface area contributed by atoms with E-state index >= 15 is 0 Å². The molecule has 0 fully saturated rings. The van der Waals surface area contributed by atoms with Crippen LogP contribution in [0.5, 0.6) is 17.2 Å². The van der Waals surface area contributed by atoms with Gasteiger partial charge in [0.2, 0.25) is 0 Å². The Balaban J connectivity index is 0.00000385. The number of ether oxygens (including phenoxy) is 3. The van der Waals surface area contributed by atoms with Crippen molar-refractivity contribution in [2.75, 3.05) is 51.9 Å². The average molecular weight is 494 g/mol. The molecule has 180 valence electrons. The molecule has 0 saturated carbocycles. The minimum Gasteiger partial charge on any atom is -0.495 e. The zero-order chi connectivity index (χ0) is 23.1. The molecular weight excluding hydrogens is 462 g/mol. The molecule has 2 aromatic carbocycles. The Bertz CT molecular complexity index is 1010. The van der Waals surface area contributed by atoms with Crippen LogP contribution in [0.4, 0.5) is 5.13 Å². The molecule has 0 unspecified atom stereocenters. The molecule has 0 atom stereocenters. The maximum absolute atomic E-state index is 13.3. The van der Waals surface area contributed by atoms with Crippen LogP contribution in [0.15, 0.2) is 36.4 Å². The predicted molar refractivity (Wildman–Crippen MR) is 137 cm³/mol. The fourth-order valence-electron chi connectivity index (χ4n) is 3.43. The number of rotatable bonds is 11. The van der Waals surface area contributed by atoms with Crippen LogP contribution in [0.3, 0.4) is 0 Å². The lowest BCUT2D eigenvalue weighted by Gasteiger charge is -2.24. The van der Waals surface area contributed by atoms with Gasteiger partial charge in [-0.2, -0.15) is 0 Å². The third kappa shape index (κ3) is 6.28. The fourth-order valence-corrected chi connectivity index (χ4v) is 4.55. The minimum absolute atomic E-state index is 0.